The highest BCUT2D eigenvalue weighted by Gasteiger charge is 1.90. The summed E-state index contributed by atoms with van der Waals surface area (Å²) in [4.78, 5) is 2.17. The molecule has 0 saturated carbocycles. The van der Waals surface area contributed by atoms with Gasteiger partial charge in [0.2, 0.25) is 0 Å². The average Bonchev–Trinajstić information content (AvgIpc) is 1.83. The number of nitrogens with two attached hydrogens (primary N) is 1. The van der Waals surface area contributed by atoms with E-state index in [0.717, 1.165) is 12.8 Å². The van der Waals surface area contributed by atoms with Gasteiger partial charge in [-0.2, -0.15) is 4.83 Å². The van der Waals surface area contributed by atoms with E-state index in [0.29, 0.717) is 5.75 Å². The molecule has 50 valence electrons. The van der Waals surface area contributed by atoms with Crippen LogP contribution in [0.25, 0.3) is 0 Å². The van der Waals surface area contributed by atoms with Gasteiger partial charge in [-0.3, -0.25) is 5.84 Å². The molecule has 0 rings (SSSR count). The second kappa shape index (κ2) is 5.21. The van der Waals surface area contributed by atoms with E-state index in [1.807, 2.05) is 6.92 Å². The lowest BCUT2D eigenvalue weighted by Gasteiger charge is -1.94. The van der Waals surface area contributed by atoms with Crippen molar-refractivity contribution in [3.8, 4) is 0 Å². The number of hydrazine groups is 1. The van der Waals surface area contributed by atoms with Gasteiger partial charge in [0.05, 0.1) is 0 Å². The van der Waals surface area contributed by atoms with Crippen molar-refractivity contribution in [3.63, 3.8) is 0 Å². The highest BCUT2D eigenvalue weighted by molar-refractivity contribution is 7.82. The standard InChI is InChI=1S/C4H12N2OS/c1-2-3-4-8(7)6-5/h6H,2-5H2,1H3. The molecule has 0 amide bonds. The van der Waals surface area contributed by atoms with E-state index in [1.54, 1.807) is 0 Å². The molecule has 0 heterocycles. The Bertz CT molecular complexity index is 76.4. The van der Waals surface area contributed by atoms with E-state index < -0.39 is 11.0 Å². The van der Waals surface area contributed by atoms with Crippen LogP contribution in [0, 0.1) is 0 Å². The summed E-state index contributed by atoms with van der Waals surface area (Å²) < 4.78 is 10.4. The molecule has 0 saturated heterocycles. The minimum Gasteiger partial charge on any atom is -0.260 e. The summed E-state index contributed by atoms with van der Waals surface area (Å²) in [5.41, 5.74) is 0. The van der Waals surface area contributed by atoms with Crippen LogP contribution in [0.4, 0.5) is 0 Å². The Morgan fingerprint density at radius 3 is 2.75 bits per heavy atom. The predicted molar refractivity (Wildman–Crippen MR) is 35.2 cm³/mol. The van der Waals surface area contributed by atoms with Crippen molar-refractivity contribution in [2.75, 3.05) is 5.75 Å². The molecule has 0 radical (unpaired) electrons. The van der Waals surface area contributed by atoms with E-state index in [4.69, 9.17) is 5.84 Å². The molecule has 3 N–H and O–H groups in total. The molecule has 0 fully saturated rings. The number of nitrogens with one attached hydrogen (secondary N) is 1. The van der Waals surface area contributed by atoms with Crippen LogP contribution < -0.4 is 10.7 Å². The molecular formula is C4H12N2OS. The minimum atomic E-state index is -0.999. The third kappa shape index (κ3) is 4.23. The normalized spacial score (nSPS) is 13.8. The van der Waals surface area contributed by atoms with Crippen LogP contribution in [-0.2, 0) is 11.0 Å². The second-order valence-corrected chi connectivity index (χ2v) is 2.86. The first-order valence-corrected chi connectivity index (χ1v) is 3.97. The lowest BCUT2D eigenvalue weighted by molar-refractivity contribution is 0.671. The van der Waals surface area contributed by atoms with Crippen molar-refractivity contribution in [2.24, 2.45) is 5.84 Å². The maximum absolute atomic E-state index is 10.4. The van der Waals surface area contributed by atoms with Gasteiger partial charge in [0.15, 0.2) is 0 Å². The van der Waals surface area contributed by atoms with Crippen LogP contribution in [0.1, 0.15) is 19.8 Å². The molecule has 0 aliphatic carbocycles. The summed E-state index contributed by atoms with van der Waals surface area (Å²) in [5, 5.41) is 0. The molecule has 0 spiro atoms. The van der Waals surface area contributed by atoms with Crippen LogP contribution in [0.15, 0.2) is 0 Å². The summed E-state index contributed by atoms with van der Waals surface area (Å²) in [5.74, 6) is 5.52. The molecule has 1 unspecified atom stereocenters. The van der Waals surface area contributed by atoms with Crippen molar-refractivity contribution in [2.45, 2.75) is 19.8 Å². The molecule has 3 nitrogen and oxygen atoms in total. The van der Waals surface area contributed by atoms with Crippen molar-refractivity contribution in [1.29, 1.82) is 0 Å². The Balaban J connectivity index is 2.99. The first-order valence-electron chi connectivity index (χ1n) is 2.66. The summed E-state index contributed by atoms with van der Waals surface area (Å²) in [6.45, 7) is 2.05. The van der Waals surface area contributed by atoms with Crippen LogP contribution in [0.2, 0.25) is 0 Å². The quantitative estimate of drug-likeness (QED) is 0.419. The number of unbranched alkanes of at least 4 members (excludes halogenated alkanes) is 1. The van der Waals surface area contributed by atoms with Crippen molar-refractivity contribution < 1.29 is 4.21 Å². The maximum Gasteiger partial charge on any atom is 0.105 e. The van der Waals surface area contributed by atoms with Gasteiger partial charge >= 0.3 is 0 Å². The van der Waals surface area contributed by atoms with Gasteiger partial charge in [0.1, 0.15) is 11.0 Å². The predicted octanol–water partition coefficient (Wildman–Crippen LogP) is -0.0865. The van der Waals surface area contributed by atoms with Gasteiger partial charge in [-0.25, -0.2) is 4.21 Å². The van der Waals surface area contributed by atoms with Gasteiger partial charge in [0.25, 0.3) is 0 Å². The van der Waals surface area contributed by atoms with Crippen LogP contribution in [0.3, 0.4) is 0 Å². The van der Waals surface area contributed by atoms with Gasteiger partial charge in [0, 0.05) is 5.75 Å². The van der Waals surface area contributed by atoms with E-state index in [-0.39, 0.29) is 0 Å². The Morgan fingerprint density at radius 2 is 2.38 bits per heavy atom. The Kier molecular flexibility index (Phi) is 5.26. The SMILES string of the molecule is CCCCS(=O)NN. The summed E-state index contributed by atoms with van der Waals surface area (Å²) in [7, 11) is -0.999. The van der Waals surface area contributed by atoms with Crippen LogP contribution >= 0.6 is 0 Å². The first kappa shape index (κ1) is 8.07. The first-order chi connectivity index (χ1) is 3.81. The Labute approximate surface area is 52.2 Å². The summed E-state index contributed by atoms with van der Waals surface area (Å²) >= 11 is 0. The monoisotopic (exact) mass is 136 g/mol. The van der Waals surface area contributed by atoms with E-state index in [1.165, 1.54) is 0 Å². The summed E-state index contributed by atoms with van der Waals surface area (Å²) in [6, 6.07) is 0. The van der Waals surface area contributed by atoms with Gasteiger partial charge in [-0.05, 0) is 6.42 Å². The number of rotatable bonds is 4. The topological polar surface area (TPSA) is 55.1 Å². The lowest BCUT2D eigenvalue weighted by atomic mass is 10.4. The number of hydrogen-bond acceptors (Lipinski definition) is 2. The third-order valence-corrected chi connectivity index (χ3v) is 1.74. The highest BCUT2D eigenvalue weighted by Crippen LogP contribution is 1.86. The van der Waals surface area contributed by atoms with Crippen molar-refractivity contribution in [1.82, 2.24) is 4.83 Å². The van der Waals surface area contributed by atoms with Crippen molar-refractivity contribution in [3.05, 3.63) is 0 Å². The molecule has 0 aromatic heterocycles. The zero-order valence-corrected chi connectivity index (χ0v) is 5.83. The smallest absolute Gasteiger partial charge is 0.105 e. The third-order valence-electron chi connectivity index (χ3n) is 0.815. The lowest BCUT2D eigenvalue weighted by Crippen LogP contribution is -2.26. The fourth-order valence-corrected chi connectivity index (χ4v) is 1.00. The van der Waals surface area contributed by atoms with Gasteiger partial charge in [-0.15, -0.1) is 0 Å². The second-order valence-electron chi connectivity index (χ2n) is 1.52. The van der Waals surface area contributed by atoms with Crippen LogP contribution in [0.5, 0.6) is 0 Å². The van der Waals surface area contributed by atoms with Gasteiger partial charge < -0.3 is 0 Å². The van der Waals surface area contributed by atoms with Crippen molar-refractivity contribution >= 4 is 11.0 Å². The number of hydrogen-bond donors (Lipinski definition) is 2. The highest BCUT2D eigenvalue weighted by atomic mass is 32.2. The molecule has 0 aliphatic rings. The van der Waals surface area contributed by atoms with Crippen LogP contribution in [-0.4, -0.2) is 9.96 Å². The molecule has 4 heteroatoms. The zero-order chi connectivity index (χ0) is 6.41. The molecule has 0 aromatic carbocycles. The zero-order valence-electron chi connectivity index (χ0n) is 5.02. The average molecular weight is 136 g/mol. The van der Waals surface area contributed by atoms with E-state index >= 15 is 0 Å². The van der Waals surface area contributed by atoms with Gasteiger partial charge in [-0.1, -0.05) is 13.3 Å². The fourth-order valence-electron chi connectivity index (χ4n) is 0.334. The Hall–Kier alpha value is 0.0700. The minimum absolute atomic E-state index is 0.660. The molecule has 8 heavy (non-hydrogen) atoms. The molecular weight excluding hydrogens is 124 g/mol. The van der Waals surface area contributed by atoms with E-state index in [2.05, 4.69) is 4.83 Å². The largest absolute Gasteiger partial charge is 0.260 e. The van der Waals surface area contributed by atoms with E-state index in [9.17, 15) is 4.21 Å². The molecule has 1 atom stereocenters. The molecule has 0 aromatic rings. The fraction of sp³-hybridized carbons (Fsp3) is 1.00. The maximum atomic E-state index is 10.4. The molecule has 0 aliphatic heterocycles. The molecule has 0 bridgehead atoms. The Morgan fingerprint density at radius 1 is 1.75 bits per heavy atom. The summed E-state index contributed by atoms with van der Waals surface area (Å²) in [6.07, 6.45) is 2.03.